The predicted molar refractivity (Wildman–Crippen MR) is 141 cm³/mol. The second-order valence-corrected chi connectivity index (χ2v) is 10.6. The number of rotatable bonds is 9. The zero-order chi connectivity index (χ0) is 27.2. The molecule has 1 fully saturated rings. The van der Waals surface area contributed by atoms with Gasteiger partial charge in [-0.1, -0.05) is 12.1 Å². The number of nitrogens with zero attached hydrogens (tertiary/aromatic N) is 3. The van der Waals surface area contributed by atoms with Gasteiger partial charge < -0.3 is 15.3 Å². The van der Waals surface area contributed by atoms with Gasteiger partial charge in [0.2, 0.25) is 15.9 Å². The van der Waals surface area contributed by atoms with Gasteiger partial charge in [0.15, 0.2) is 0 Å². The number of benzene rings is 2. The third kappa shape index (κ3) is 6.41. The number of carbonyl (C=O) groups is 3. The van der Waals surface area contributed by atoms with E-state index >= 15 is 0 Å². The van der Waals surface area contributed by atoms with Crippen LogP contribution in [-0.4, -0.2) is 80.0 Å². The molecule has 0 aliphatic carbocycles. The van der Waals surface area contributed by atoms with Crippen molar-refractivity contribution in [3.63, 3.8) is 0 Å². The summed E-state index contributed by atoms with van der Waals surface area (Å²) >= 11 is 0. The maximum Gasteiger partial charge on any atom is 0.337 e. The first-order valence-electron chi connectivity index (χ1n) is 12.1. The Bertz CT molecular complexity index is 1300. The lowest BCUT2D eigenvalue weighted by Gasteiger charge is -2.33. The van der Waals surface area contributed by atoms with Gasteiger partial charge in [-0.05, 0) is 62.6 Å². The molecule has 2 aromatic carbocycles. The molecule has 37 heavy (non-hydrogen) atoms. The molecule has 1 unspecified atom stereocenters. The minimum absolute atomic E-state index is 0.0523. The highest BCUT2D eigenvalue weighted by Crippen LogP contribution is 2.26. The number of hydrogen-bond acceptors (Lipinski definition) is 6. The Morgan fingerprint density at radius 1 is 1.16 bits per heavy atom. The number of carbonyl (C=O) groups excluding carboxylic acids is 2. The van der Waals surface area contributed by atoms with E-state index in [1.54, 1.807) is 18.0 Å². The summed E-state index contributed by atoms with van der Waals surface area (Å²) in [4.78, 5) is 43.0. The SMILES string of the molecule is CCN(CC)C(=O)C1CCCN(S(=O)(=O)c2cccc(C(=O)Nc3ccc(C=NC)cc3C(=O)O)c2)C1. The molecule has 0 bridgehead atoms. The summed E-state index contributed by atoms with van der Waals surface area (Å²) in [6, 6.07) is 10.0. The number of anilines is 1. The zero-order valence-corrected chi connectivity index (χ0v) is 22.0. The van der Waals surface area contributed by atoms with Crippen LogP contribution in [0.4, 0.5) is 5.69 Å². The van der Waals surface area contributed by atoms with Crippen molar-refractivity contribution >= 4 is 39.7 Å². The Morgan fingerprint density at radius 2 is 1.89 bits per heavy atom. The van der Waals surface area contributed by atoms with Crippen molar-refractivity contribution in [3.8, 4) is 0 Å². The van der Waals surface area contributed by atoms with Crippen molar-refractivity contribution in [2.24, 2.45) is 10.9 Å². The van der Waals surface area contributed by atoms with Crippen LogP contribution in [-0.2, 0) is 14.8 Å². The summed E-state index contributed by atoms with van der Waals surface area (Å²) in [6.45, 7) is 5.28. The van der Waals surface area contributed by atoms with Gasteiger partial charge in [0.25, 0.3) is 5.91 Å². The molecule has 1 atom stereocenters. The smallest absolute Gasteiger partial charge is 0.337 e. The molecule has 2 N–H and O–H groups in total. The summed E-state index contributed by atoms with van der Waals surface area (Å²) in [5, 5.41) is 12.1. The highest BCUT2D eigenvalue weighted by Gasteiger charge is 2.34. The fourth-order valence-corrected chi connectivity index (χ4v) is 5.94. The number of hydrogen-bond donors (Lipinski definition) is 2. The number of sulfonamides is 1. The summed E-state index contributed by atoms with van der Waals surface area (Å²) in [6.07, 6.45) is 2.68. The fourth-order valence-electron chi connectivity index (χ4n) is 4.37. The summed E-state index contributed by atoms with van der Waals surface area (Å²) in [5.74, 6) is -2.34. The first kappa shape index (κ1) is 28.0. The third-order valence-electron chi connectivity index (χ3n) is 6.34. The Kier molecular flexibility index (Phi) is 9.17. The fraction of sp³-hybridized carbons (Fsp3) is 0.385. The van der Waals surface area contributed by atoms with E-state index in [4.69, 9.17) is 0 Å². The Morgan fingerprint density at radius 3 is 2.54 bits per heavy atom. The number of piperidine rings is 1. The maximum absolute atomic E-state index is 13.4. The Hall–Kier alpha value is -3.57. The largest absolute Gasteiger partial charge is 0.478 e. The lowest BCUT2D eigenvalue weighted by molar-refractivity contribution is -0.136. The molecule has 11 heteroatoms. The van der Waals surface area contributed by atoms with Crippen molar-refractivity contribution < 1.29 is 27.9 Å². The number of aromatic carboxylic acids is 1. The number of aliphatic imine (C=N–C) groups is 1. The lowest BCUT2D eigenvalue weighted by Crippen LogP contribution is -2.46. The van der Waals surface area contributed by atoms with Gasteiger partial charge in [0.1, 0.15) is 0 Å². The summed E-state index contributed by atoms with van der Waals surface area (Å²) in [5.41, 5.74) is 0.578. The molecule has 0 saturated carbocycles. The first-order chi connectivity index (χ1) is 17.6. The van der Waals surface area contributed by atoms with Crippen LogP contribution in [0.25, 0.3) is 0 Å². The van der Waals surface area contributed by atoms with Gasteiger partial charge in [0, 0.05) is 45.0 Å². The van der Waals surface area contributed by atoms with Crippen LogP contribution in [0.1, 0.15) is 53.0 Å². The summed E-state index contributed by atoms with van der Waals surface area (Å²) in [7, 11) is -2.40. The van der Waals surface area contributed by atoms with E-state index in [2.05, 4.69) is 10.3 Å². The van der Waals surface area contributed by atoms with Gasteiger partial charge in [0.05, 0.1) is 22.1 Å². The second-order valence-electron chi connectivity index (χ2n) is 8.69. The Balaban J connectivity index is 1.82. The van der Waals surface area contributed by atoms with E-state index in [9.17, 15) is 27.9 Å². The van der Waals surface area contributed by atoms with E-state index in [1.165, 1.54) is 46.9 Å². The van der Waals surface area contributed by atoms with Crippen LogP contribution < -0.4 is 5.32 Å². The van der Waals surface area contributed by atoms with Gasteiger partial charge >= 0.3 is 5.97 Å². The molecular formula is C26H32N4O6S. The standard InChI is InChI=1S/C26H32N4O6S/c1-4-29(5-2)25(32)20-9-7-13-30(17-20)37(35,36)21-10-6-8-19(15-21)24(31)28-23-12-11-18(16-27-3)14-22(23)26(33)34/h6,8,10-12,14-16,20H,4-5,7,9,13,17H2,1-3H3,(H,28,31)(H,33,34). The van der Waals surface area contributed by atoms with Crippen LogP contribution in [0.2, 0.25) is 0 Å². The maximum atomic E-state index is 13.4. The lowest BCUT2D eigenvalue weighted by atomic mass is 9.98. The normalized spacial score (nSPS) is 16.5. The van der Waals surface area contributed by atoms with Crippen molar-refractivity contribution in [2.75, 3.05) is 38.5 Å². The van der Waals surface area contributed by atoms with E-state index in [0.29, 0.717) is 31.5 Å². The van der Waals surface area contributed by atoms with E-state index in [1.807, 2.05) is 13.8 Å². The number of amides is 2. The quantitative estimate of drug-likeness (QED) is 0.480. The van der Waals surface area contributed by atoms with E-state index in [-0.39, 0.29) is 40.7 Å². The zero-order valence-electron chi connectivity index (χ0n) is 21.2. The topological polar surface area (TPSA) is 136 Å². The van der Waals surface area contributed by atoms with E-state index < -0.39 is 27.8 Å². The highest BCUT2D eigenvalue weighted by molar-refractivity contribution is 7.89. The molecule has 0 spiro atoms. The monoisotopic (exact) mass is 528 g/mol. The molecule has 0 aromatic heterocycles. The molecule has 10 nitrogen and oxygen atoms in total. The molecule has 0 radical (unpaired) electrons. The van der Waals surface area contributed by atoms with Crippen LogP contribution >= 0.6 is 0 Å². The highest BCUT2D eigenvalue weighted by atomic mass is 32.2. The van der Waals surface area contributed by atoms with Gasteiger partial charge in [-0.25, -0.2) is 13.2 Å². The molecule has 2 aromatic rings. The molecule has 1 heterocycles. The molecule has 3 rings (SSSR count). The number of nitrogens with one attached hydrogen (secondary N) is 1. The van der Waals surface area contributed by atoms with Crippen molar-refractivity contribution in [1.82, 2.24) is 9.21 Å². The minimum atomic E-state index is -3.96. The molecule has 1 aliphatic heterocycles. The predicted octanol–water partition coefficient (Wildman–Crippen LogP) is 2.95. The Labute approximate surface area is 217 Å². The van der Waals surface area contributed by atoms with E-state index in [0.717, 1.165) is 0 Å². The average molecular weight is 529 g/mol. The average Bonchev–Trinajstić information content (AvgIpc) is 2.90. The van der Waals surface area contributed by atoms with Gasteiger partial charge in [-0.2, -0.15) is 4.31 Å². The van der Waals surface area contributed by atoms with Crippen LogP contribution in [0.5, 0.6) is 0 Å². The van der Waals surface area contributed by atoms with Crippen LogP contribution in [0.15, 0.2) is 52.4 Å². The minimum Gasteiger partial charge on any atom is -0.478 e. The molecule has 1 saturated heterocycles. The molecule has 198 valence electrons. The molecule has 1 aliphatic rings. The van der Waals surface area contributed by atoms with Crippen molar-refractivity contribution in [2.45, 2.75) is 31.6 Å². The van der Waals surface area contributed by atoms with Crippen molar-refractivity contribution in [1.29, 1.82) is 0 Å². The van der Waals surface area contributed by atoms with Crippen LogP contribution in [0, 0.1) is 5.92 Å². The first-order valence-corrected chi connectivity index (χ1v) is 13.6. The van der Waals surface area contributed by atoms with Crippen molar-refractivity contribution in [3.05, 3.63) is 59.2 Å². The van der Waals surface area contributed by atoms with Gasteiger partial charge in [-0.3, -0.25) is 14.6 Å². The summed E-state index contributed by atoms with van der Waals surface area (Å²) < 4.78 is 28.1. The number of carboxylic acid groups (broad SMARTS) is 1. The molecule has 2 amide bonds. The third-order valence-corrected chi connectivity index (χ3v) is 8.20. The number of carboxylic acids is 1. The molecular weight excluding hydrogens is 496 g/mol. The van der Waals surface area contributed by atoms with Gasteiger partial charge in [-0.15, -0.1) is 0 Å². The second kappa shape index (κ2) is 12.1. The van der Waals surface area contributed by atoms with Crippen LogP contribution in [0.3, 0.4) is 0 Å².